The molecular formula is C21H39ClO2. The fourth-order valence-electron chi connectivity index (χ4n) is 4.07. The first kappa shape index (κ1) is 22.0. The third kappa shape index (κ3) is 10.1. The Morgan fingerprint density at radius 2 is 1.83 bits per heavy atom. The minimum absolute atomic E-state index is 0.524. The normalized spacial score (nSPS) is 22.7. The molecule has 24 heavy (non-hydrogen) atoms. The summed E-state index contributed by atoms with van der Waals surface area (Å²) in [6, 6.07) is 0. The van der Waals surface area contributed by atoms with Gasteiger partial charge < -0.3 is 10.2 Å². The van der Waals surface area contributed by atoms with Crippen molar-refractivity contribution in [1.82, 2.24) is 0 Å². The van der Waals surface area contributed by atoms with Crippen molar-refractivity contribution in [2.24, 2.45) is 17.8 Å². The number of unbranched alkanes of at least 4 members (excludes halogenated alkanes) is 3. The third-order valence-corrected chi connectivity index (χ3v) is 5.98. The molecule has 1 saturated carbocycles. The van der Waals surface area contributed by atoms with Gasteiger partial charge in [0.05, 0.1) is 0 Å². The van der Waals surface area contributed by atoms with E-state index in [2.05, 4.69) is 19.1 Å². The van der Waals surface area contributed by atoms with Gasteiger partial charge in [-0.2, -0.15) is 0 Å². The van der Waals surface area contributed by atoms with Gasteiger partial charge in [-0.05, 0) is 69.1 Å². The maximum absolute atomic E-state index is 8.84. The van der Waals surface area contributed by atoms with Crippen LogP contribution in [0.1, 0.15) is 90.4 Å². The second-order valence-electron chi connectivity index (χ2n) is 7.64. The number of halogens is 1. The first-order chi connectivity index (χ1) is 11.7. The van der Waals surface area contributed by atoms with E-state index in [0.29, 0.717) is 12.3 Å². The number of hydrogen-bond acceptors (Lipinski definition) is 2. The van der Waals surface area contributed by atoms with Gasteiger partial charge in [-0.15, -0.1) is 11.6 Å². The quantitative estimate of drug-likeness (QED) is 0.172. The lowest BCUT2D eigenvalue weighted by Crippen LogP contribution is -2.06. The molecule has 0 amide bonds. The van der Waals surface area contributed by atoms with Crippen LogP contribution < -0.4 is 0 Å². The zero-order valence-electron chi connectivity index (χ0n) is 15.6. The number of aliphatic hydroxyl groups is 2. The van der Waals surface area contributed by atoms with Gasteiger partial charge in [0, 0.05) is 5.88 Å². The second-order valence-corrected chi connectivity index (χ2v) is 7.95. The van der Waals surface area contributed by atoms with Gasteiger partial charge in [-0.25, -0.2) is 0 Å². The molecule has 0 bridgehead atoms. The van der Waals surface area contributed by atoms with Crippen molar-refractivity contribution in [3.63, 3.8) is 0 Å². The Hall–Kier alpha value is -0.0500. The predicted octanol–water partition coefficient (Wildman–Crippen LogP) is 6.05. The van der Waals surface area contributed by atoms with Crippen molar-refractivity contribution in [3.05, 3.63) is 12.2 Å². The maximum Gasteiger partial charge on any atom is 0.151 e. The zero-order valence-corrected chi connectivity index (χ0v) is 16.4. The minimum Gasteiger partial charge on any atom is -0.368 e. The summed E-state index contributed by atoms with van der Waals surface area (Å²) in [4.78, 5) is 0. The Balaban J connectivity index is 2.14. The Labute approximate surface area is 154 Å². The summed E-state index contributed by atoms with van der Waals surface area (Å²) in [5, 5.41) is 17.7. The average Bonchev–Trinajstić information content (AvgIpc) is 3.00. The van der Waals surface area contributed by atoms with Gasteiger partial charge in [0.15, 0.2) is 6.29 Å². The number of allylic oxidation sites excluding steroid dienone is 2. The molecule has 3 atom stereocenters. The van der Waals surface area contributed by atoms with E-state index < -0.39 is 6.29 Å². The molecule has 0 aromatic carbocycles. The lowest BCUT2D eigenvalue weighted by atomic mass is 9.89. The van der Waals surface area contributed by atoms with Gasteiger partial charge in [-0.3, -0.25) is 0 Å². The minimum atomic E-state index is -1.12. The van der Waals surface area contributed by atoms with Crippen molar-refractivity contribution >= 4 is 11.6 Å². The highest BCUT2D eigenvalue weighted by molar-refractivity contribution is 6.18. The topological polar surface area (TPSA) is 40.5 Å². The number of aliphatic hydroxyl groups excluding tert-OH is 1. The molecule has 142 valence electrons. The van der Waals surface area contributed by atoms with Crippen LogP contribution in [0.5, 0.6) is 0 Å². The zero-order chi connectivity index (χ0) is 17.6. The fourth-order valence-corrected chi connectivity index (χ4v) is 4.38. The predicted molar refractivity (Wildman–Crippen MR) is 104 cm³/mol. The summed E-state index contributed by atoms with van der Waals surface area (Å²) in [7, 11) is 0. The highest BCUT2D eigenvalue weighted by Gasteiger charge is 2.24. The Morgan fingerprint density at radius 1 is 1.04 bits per heavy atom. The number of rotatable bonds is 14. The largest absolute Gasteiger partial charge is 0.368 e. The molecule has 0 spiro atoms. The molecule has 0 aliphatic heterocycles. The Bertz CT molecular complexity index is 317. The second kappa shape index (κ2) is 14.2. The van der Waals surface area contributed by atoms with Gasteiger partial charge in [0.25, 0.3) is 0 Å². The van der Waals surface area contributed by atoms with E-state index in [9.17, 15) is 0 Å². The molecule has 1 fully saturated rings. The third-order valence-electron chi connectivity index (χ3n) is 5.55. The summed E-state index contributed by atoms with van der Waals surface area (Å²) in [6.07, 6.45) is 19.3. The van der Waals surface area contributed by atoms with Crippen LogP contribution in [0.25, 0.3) is 0 Å². The molecule has 1 aliphatic rings. The average molecular weight is 359 g/mol. The van der Waals surface area contributed by atoms with Crippen LogP contribution in [-0.2, 0) is 0 Å². The van der Waals surface area contributed by atoms with Crippen LogP contribution in [0, 0.1) is 17.8 Å². The van der Waals surface area contributed by atoms with Crippen molar-refractivity contribution < 1.29 is 10.2 Å². The van der Waals surface area contributed by atoms with Gasteiger partial charge in [0.2, 0.25) is 0 Å². The van der Waals surface area contributed by atoms with Crippen LogP contribution in [-0.4, -0.2) is 22.4 Å². The molecular weight excluding hydrogens is 320 g/mol. The summed E-state index contributed by atoms with van der Waals surface area (Å²) in [5.41, 5.74) is 0. The van der Waals surface area contributed by atoms with Crippen LogP contribution in [0.15, 0.2) is 12.2 Å². The Morgan fingerprint density at radius 3 is 2.54 bits per heavy atom. The highest BCUT2D eigenvalue weighted by atomic mass is 35.5. The molecule has 0 saturated heterocycles. The van der Waals surface area contributed by atoms with Gasteiger partial charge >= 0.3 is 0 Å². The molecule has 0 heterocycles. The summed E-state index contributed by atoms with van der Waals surface area (Å²) < 4.78 is 0. The van der Waals surface area contributed by atoms with Crippen LogP contribution >= 0.6 is 11.6 Å². The lowest BCUT2D eigenvalue weighted by molar-refractivity contribution is -0.0466. The van der Waals surface area contributed by atoms with Crippen molar-refractivity contribution in [2.75, 3.05) is 5.88 Å². The molecule has 2 nitrogen and oxygen atoms in total. The van der Waals surface area contributed by atoms with Crippen molar-refractivity contribution in [2.45, 2.75) is 96.7 Å². The summed E-state index contributed by atoms with van der Waals surface area (Å²) in [5.74, 6) is 3.17. The molecule has 1 rings (SSSR count). The summed E-state index contributed by atoms with van der Waals surface area (Å²) >= 11 is 6.03. The SMILES string of the molecule is CCCC(CCl)CCC=C[C@H]1CCC[C@@H]1CCCCCCC(O)O. The molecule has 1 aliphatic carbocycles. The highest BCUT2D eigenvalue weighted by Crippen LogP contribution is 2.36. The van der Waals surface area contributed by atoms with Crippen LogP contribution in [0.4, 0.5) is 0 Å². The van der Waals surface area contributed by atoms with Gasteiger partial charge in [0.1, 0.15) is 0 Å². The maximum atomic E-state index is 8.84. The smallest absolute Gasteiger partial charge is 0.151 e. The van der Waals surface area contributed by atoms with Crippen LogP contribution in [0.3, 0.4) is 0 Å². The summed E-state index contributed by atoms with van der Waals surface area (Å²) in [6.45, 7) is 2.24. The van der Waals surface area contributed by atoms with Crippen molar-refractivity contribution in [1.29, 1.82) is 0 Å². The lowest BCUT2D eigenvalue weighted by Gasteiger charge is -2.16. The molecule has 3 heteroatoms. The van der Waals surface area contributed by atoms with Crippen molar-refractivity contribution in [3.8, 4) is 0 Å². The Kier molecular flexibility index (Phi) is 13.0. The molecule has 0 aromatic heterocycles. The van der Waals surface area contributed by atoms with E-state index in [-0.39, 0.29) is 0 Å². The fraction of sp³-hybridized carbons (Fsp3) is 0.905. The van der Waals surface area contributed by atoms with E-state index in [1.165, 1.54) is 64.2 Å². The van der Waals surface area contributed by atoms with E-state index in [1.54, 1.807) is 0 Å². The standard InChI is InChI=1S/C21H39ClO2/c1-2-10-18(17-22)11-7-8-13-20-15-9-14-19(20)12-5-3-4-6-16-21(23)24/h8,13,18-21,23-24H,2-7,9-12,14-17H2,1H3/t18?,19-,20-/m0/s1. The first-order valence-corrected chi connectivity index (χ1v) is 10.8. The first-order valence-electron chi connectivity index (χ1n) is 10.3. The molecule has 2 N–H and O–H groups in total. The number of alkyl halides is 1. The monoisotopic (exact) mass is 358 g/mol. The van der Waals surface area contributed by atoms with Crippen LogP contribution in [0.2, 0.25) is 0 Å². The van der Waals surface area contributed by atoms with Gasteiger partial charge in [-0.1, -0.05) is 51.2 Å². The van der Waals surface area contributed by atoms with E-state index in [1.807, 2.05) is 0 Å². The van der Waals surface area contributed by atoms with E-state index in [4.69, 9.17) is 21.8 Å². The van der Waals surface area contributed by atoms with E-state index in [0.717, 1.165) is 30.6 Å². The molecule has 1 unspecified atom stereocenters. The van der Waals surface area contributed by atoms with E-state index >= 15 is 0 Å². The number of hydrogen-bond donors (Lipinski definition) is 2. The molecule has 0 aromatic rings. The molecule has 0 radical (unpaired) electrons.